The van der Waals surface area contributed by atoms with Crippen molar-refractivity contribution in [2.24, 2.45) is 11.8 Å². The second-order valence-electron chi connectivity index (χ2n) is 4.20. The van der Waals surface area contributed by atoms with Crippen molar-refractivity contribution in [1.29, 1.82) is 0 Å². The summed E-state index contributed by atoms with van der Waals surface area (Å²) < 4.78 is 9.42. The number of ether oxygens (including phenoxy) is 2. The Hall–Kier alpha value is -1.26. The Bertz CT molecular complexity index is 265. The van der Waals surface area contributed by atoms with Gasteiger partial charge < -0.3 is 14.4 Å². The fourth-order valence-corrected chi connectivity index (χ4v) is 1.80. The van der Waals surface area contributed by atoms with Crippen LogP contribution < -0.4 is 0 Å². The second kappa shape index (κ2) is 5.72. The first-order valence-electron chi connectivity index (χ1n) is 5.64. The van der Waals surface area contributed by atoms with E-state index >= 15 is 0 Å². The highest BCUT2D eigenvalue weighted by Crippen LogP contribution is 2.24. The minimum atomic E-state index is -0.719. The van der Waals surface area contributed by atoms with Gasteiger partial charge in [-0.25, -0.2) is 4.79 Å². The average Bonchev–Trinajstić information content (AvgIpc) is 2.57. The molecule has 0 aromatic heterocycles. The van der Waals surface area contributed by atoms with Gasteiger partial charge in [-0.3, -0.25) is 4.79 Å². The molecule has 1 atom stereocenters. The molecule has 1 fully saturated rings. The van der Waals surface area contributed by atoms with Gasteiger partial charge in [0.05, 0.1) is 6.61 Å². The fourth-order valence-electron chi connectivity index (χ4n) is 1.80. The summed E-state index contributed by atoms with van der Waals surface area (Å²) in [5, 5.41) is 0. The van der Waals surface area contributed by atoms with Crippen molar-refractivity contribution in [2.75, 3.05) is 19.9 Å². The molecule has 1 aliphatic rings. The summed E-state index contributed by atoms with van der Waals surface area (Å²) >= 11 is 0. The molecule has 5 heteroatoms. The van der Waals surface area contributed by atoms with Crippen LogP contribution in [0.4, 0.5) is 4.79 Å². The van der Waals surface area contributed by atoms with Crippen LogP contribution in [0.15, 0.2) is 0 Å². The Morgan fingerprint density at radius 3 is 2.69 bits per heavy atom. The Balaban J connectivity index is 2.35. The molecule has 92 valence electrons. The number of hydrogen-bond donors (Lipinski definition) is 0. The molecule has 5 nitrogen and oxygen atoms in total. The van der Waals surface area contributed by atoms with Crippen LogP contribution in [-0.2, 0) is 14.3 Å². The summed E-state index contributed by atoms with van der Waals surface area (Å²) in [5.74, 6) is 0.463. The number of carbonyl (C=O) groups is 2. The van der Waals surface area contributed by atoms with Crippen molar-refractivity contribution in [3.63, 3.8) is 0 Å². The molecule has 1 rings (SSSR count). The van der Waals surface area contributed by atoms with Crippen LogP contribution in [0.25, 0.3) is 0 Å². The van der Waals surface area contributed by atoms with Gasteiger partial charge in [0.15, 0.2) is 6.73 Å². The first-order chi connectivity index (χ1) is 7.56. The van der Waals surface area contributed by atoms with Gasteiger partial charge in [-0.15, -0.1) is 0 Å². The van der Waals surface area contributed by atoms with Crippen LogP contribution in [0.1, 0.15) is 27.2 Å². The van der Waals surface area contributed by atoms with E-state index in [1.54, 1.807) is 11.8 Å². The van der Waals surface area contributed by atoms with E-state index < -0.39 is 6.16 Å². The molecule has 0 aliphatic carbocycles. The van der Waals surface area contributed by atoms with E-state index in [1.807, 2.05) is 13.8 Å². The molecule has 0 N–H and O–H groups in total. The molecule has 1 saturated heterocycles. The topological polar surface area (TPSA) is 55.8 Å². The molecule has 0 aromatic carbocycles. The molecule has 16 heavy (non-hydrogen) atoms. The van der Waals surface area contributed by atoms with Crippen LogP contribution in [-0.4, -0.2) is 36.8 Å². The largest absolute Gasteiger partial charge is 0.509 e. The minimum Gasteiger partial charge on any atom is -0.435 e. The maximum absolute atomic E-state index is 11.8. The summed E-state index contributed by atoms with van der Waals surface area (Å²) in [5.41, 5.74) is 0. The second-order valence-corrected chi connectivity index (χ2v) is 4.20. The zero-order valence-electron chi connectivity index (χ0n) is 10.1. The maximum atomic E-state index is 11.8. The van der Waals surface area contributed by atoms with Gasteiger partial charge in [0, 0.05) is 12.5 Å². The third kappa shape index (κ3) is 3.12. The summed E-state index contributed by atoms with van der Waals surface area (Å²) in [6.45, 7) is 6.69. The molecule has 0 bridgehead atoms. The highest BCUT2D eigenvalue weighted by Gasteiger charge is 2.33. The van der Waals surface area contributed by atoms with Gasteiger partial charge in [-0.1, -0.05) is 13.8 Å². The summed E-state index contributed by atoms with van der Waals surface area (Å²) in [6.07, 6.45) is 0.117. The van der Waals surface area contributed by atoms with Crippen LogP contribution in [0.5, 0.6) is 0 Å². The monoisotopic (exact) mass is 229 g/mol. The van der Waals surface area contributed by atoms with Gasteiger partial charge in [0.2, 0.25) is 5.91 Å². The zero-order valence-corrected chi connectivity index (χ0v) is 10.1. The van der Waals surface area contributed by atoms with Crippen LogP contribution >= 0.6 is 0 Å². The summed E-state index contributed by atoms with van der Waals surface area (Å²) in [4.78, 5) is 24.3. The predicted octanol–water partition coefficient (Wildman–Crippen LogP) is 1.62. The molecular formula is C11H19NO4. The standard InChI is InChI=1S/C11H19NO4/c1-4-15-11(14)16-7-12-6-5-9(8(2)3)10(12)13/h8-9H,4-7H2,1-3H3/t9-/m0/s1. The molecule has 0 aromatic rings. The van der Waals surface area contributed by atoms with E-state index in [0.29, 0.717) is 12.5 Å². The SMILES string of the molecule is CCOC(=O)OCN1CC[C@@H](C(C)C)C1=O. The van der Waals surface area contributed by atoms with E-state index in [4.69, 9.17) is 4.74 Å². The van der Waals surface area contributed by atoms with E-state index in [9.17, 15) is 9.59 Å². The van der Waals surface area contributed by atoms with Gasteiger partial charge in [-0.05, 0) is 19.3 Å². The lowest BCUT2D eigenvalue weighted by Gasteiger charge is -2.17. The molecule has 0 saturated carbocycles. The number of hydrogen-bond acceptors (Lipinski definition) is 4. The zero-order chi connectivity index (χ0) is 12.1. The molecular weight excluding hydrogens is 210 g/mol. The van der Waals surface area contributed by atoms with Crippen molar-refractivity contribution in [1.82, 2.24) is 4.90 Å². The summed E-state index contributed by atoms with van der Waals surface area (Å²) in [7, 11) is 0. The van der Waals surface area contributed by atoms with Crippen molar-refractivity contribution in [3.8, 4) is 0 Å². The normalized spacial score (nSPS) is 20.4. The molecule has 1 amide bonds. The quantitative estimate of drug-likeness (QED) is 0.687. The van der Waals surface area contributed by atoms with Crippen LogP contribution in [0.3, 0.4) is 0 Å². The average molecular weight is 229 g/mol. The van der Waals surface area contributed by atoms with Gasteiger partial charge >= 0.3 is 6.16 Å². The van der Waals surface area contributed by atoms with Crippen molar-refractivity contribution >= 4 is 12.1 Å². The Labute approximate surface area is 95.7 Å². The highest BCUT2D eigenvalue weighted by atomic mass is 16.7. The fraction of sp³-hybridized carbons (Fsp3) is 0.818. The third-order valence-corrected chi connectivity index (χ3v) is 2.74. The molecule has 0 spiro atoms. The highest BCUT2D eigenvalue weighted by molar-refractivity contribution is 5.81. The maximum Gasteiger partial charge on any atom is 0.509 e. The number of likely N-dealkylation sites (tertiary alicyclic amines) is 1. The number of nitrogens with zero attached hydrogens (tertiary/aromatic N) is 1. The Kier molecular flexibility index (Phi) is 4.58. The lowest BCUT2D eigenvalue weighted by Crippen LogP contribution is -2.32. The predicted molar refractivity (Wildman–Crippen MR) is 57.6 cm³/mol. The van der Waals surface area contributed by atoms with Gasteiger partial charge in [-0.2, -0.15) is 0 Å². The van der Waals surface area contributed by atoms with Crippen molar-refractivity contribution < 1.29 is 19.1 Å². The smallest absolute Gasteiger partial charge is 0.435 e. The van der Waals surface area contributed by atoms with E-state index in [0.717, 1.165) is 6.42 Å². The van der Waals surface area contributed by atoms with Crippen LogP contribution in [0.2, 0.25) is 0 Å². The summed E-state index contributed by atoms with van der Waals surface area (Å²) in [6, 6.07) is 0. The minimum absolute atomic E-state index is 0.000880. The molecule has 0 radical (unpaired) electrons. The van der Waals surface area contributed by atoms with Gasteiger partial charge in [0.25, 0.3) is 0 Å². The lowest BCUT2D eigenvalue weighted by atomic mass is 9.95. The molecule has 1 aliphatic heterocycles. The third-order valence-electron chi connectivity index (χ3n) is 2.74. The van der Waals surface area contributed by atoms with E-state index in [2.05, 4.69) is 4.74 Å². The van der Waals surface area contributed by atoms with Crippen molar-refractivity contribution in [2.45, 2.75) is 27.2 Å². The first kappa shape index (κ1) is 12.8. The number of amides is 1. The van der Waals surface area contributed by atoms with Crippen LogP contribution in [0, 0.1) is 11.8 Å². The Morgan fingerprint density at radius 1 is 1.50 bits per heavy atom. The molecule has 0 unspecified atom stereocenters. The van der Waals surface area contributed by atoms with E-state index in [1.165, 1.54) is 0 Å². The number of rotatable bonds is 4. The lowest BCUT2D eigenvalue weighted by molar-refractivity contribution is -0.135. The van der Waals surface area contributed by atoms with E-state index in [-0.39, 0.29) is 25.2 Å². The number of carbonyl (C=O) groups excluding carboxylic acids is 2. The molecule has 1 heterocycles. The van der Waals surface area contributed by atoms with Crippen molar-refractivity contribution in [3.05, 3.63) is 0 Å². The first-order valence-corrected chi connectivity index (χ1v) is 5.64. The van der Waals surface area contributed by atoms with Gasteiger partial charge in [0.1, 0.15) is 0 Å². The Morgan fingerprint density at radius 2 is 2.19 bits per heavy atom.